The number of halogens is 3. The third-order valence-corrected chi connectivity index (χ3v) is 4.25. The van der Waals surface area contributed by atoms with E-state index in [4.69, 9.17) is 11.6 Å². The second-order valence-corrected chi connectivity index (χ2v) is 6.33. The van der Waals surface area contributed by atoms with Crippen molar-refractivity contribution in [3.8, 4) is 0 Å². The minimum absolute atomic E-state index is 0.301. The molecule has 0 radical (unpaired) electrons. The molecule has 1 fully saturated rings. The van der Waals surface area contributed by atoms with Crippen molar-refractivity contribution in [2.75, 3.05) is 6.54 Å². The summed E-state index contributed by atoms with van der Waals surface area (Å²) >= 11 is 9.52. The van der Waals surface area contributed by atoms with Gasteiger partial charge < -0.3 is 5.32 Å². The molecule has 1 aromatic heterocycles. The van der Waals surface area contributed by atoms with E-state index in [9.17, 15) is 9.18 Å². The molecular weight excluding hydrogens is 373 g/mol. The fourth-order valence-electron chi connectivity index (χ4n) is 2.14. The van der Waals surface area contributed by atoms with Crippen LogP contribution in [0.5, 0.6) is 0 Å². The Morgan fingerprint density at radius 3 is 2.82 bits per heavy atom. The van der Waals surface area contributed by atoms with Crippen LogP contribution in [-0.2, 0) is 10.2 Å². The summed E-state index contributed by atoms with van der Waals surface area (Å²) in [5.74, 6) is -1.44. The number of aromatic nitrogens is 1. The number of hydrogen-bond acceptors (Lipinski definition) is 3. The van der Waals surface area contributed by atoms with Crippen LogP contribution in [-0.4, -0.2) is 24.2 Å². The van der Waals surface area contributed by atoms with Crippen molar-refractivity contribution in [3.63, 3.8) is 0 Å². The first-order valence-corrected chi connectivity index (χ1v) is 7.69. The zero-order valence-corrected chi connectivity index (χ0v) is 14.0. The van der Waals surface area contributed by atoms with Crippen LogP contribution in [0, 0.1) is 0 Å². The number of nitrogens with one attached hydrogen (secondary N) is 1. The Labute approximate surface area is 141 Å². The first-order valence-electron chi connectivity index (χ1n) is 6.52. The van der Waals surface area contributed by atoms with Gasteiger partial charge in [-0.25, -0.2) is 4.39 Å². The Kier molecular flexibility index (Phi) is 5.13. The van der Waals surface area contributed by atoms with Gasteiger partial charge in [0.15, 0.2) is 11.5 Å². The molecule has 1 aliphatic carbocycles. The molecule has 0 atom stereocenters. The van der Waals surface area contributed by atoms with Gasteiger partial charge >= 0.3 is 0 Å². The number of hydrogen-bond donors (Lipinski definition) is 1. The van der Waals surface area contributed by atoms with Crippen molar-refractivity contribution in [3.05, 3.63) is 51.6 Å². The number of amides is 1. The maximum Gasteiger partial charge on any atom is 0.272 e. The predicted molar refractivity (Wildman–Crippen MR) is 88.7 cm³/mol. The molecule has 22 heavy (non-hydrogen) atoms. The largest absolute Gasteiger partial charge is 0.350 e. The summed E-state index contributed by atoms with van der Waals surface area (Å²) in [4.78, 5) is 19.7. The highest BCUT2D eigenvalue weighted by molar-refractivity contribution is 9.10. The predicted octanol–water partition coefficient (Wildman–Crippen LogP) is 3.71. The first-order chi connectivity index (χ1) is 10.4. The summed E-state index contributed by atoms with van der Waals surface area (Å²) in [6, 6.07) is 1.76. The molecule has 0 saturated heterocycles. The standard InChI is InChI=1S/C15H14BrClFN3O/c1-3-11(18)12(19-2)14(22)21-8-15(4-5-15)13-10(17)6-9(16)7-20-13/h3,6-7H,1-2,4-5,8H2,(H,21,22)/b12-11+. The Bertz CT molecular complexity index is 671. The van der Waals surface area contributed by atoms with Gasteiger partial charge in [-0.1, -0.05) is 18.2 Å². The molecule has 1 aliphatic rings. The summed E-state index contributed by atoms with van der Waals surface area (Å²) in [5.41, 5.74) is 0.0595. The number of nitrogens with zero attached hydrogens (tertiary/aromatic N) is 2. The molecule has 1 amide bonds. The van der Waals surface area contributed by atoms with E-state index in [0.29, 0.717) is 11.6 Å². The van der Waals surface area contributed by atoms with Crippen LogP contribution in [0.25, 0.3) is 0 Å². The van der Waals surface area contributed by atoms with Crippen LogP contribution in [0.15, 0.2) is 45.9 Å². The number of aliphatic imine (C=N–C) groups is 1. The Morgan fingerprint density at radius 1 is 1.64 bits per heavy atom. The van der Waals surface area contributed by atoms with Gasteiger partial charge in [0.25, 0.3) is 5.91 Å². The summed E-state index contributed by atoms with van der Waals surface area (Å²) < 4.78 is 14.2. The maximum absolute atomic E-state index is 13.4. The number of rotatable bonds is 6. The van der Waals surface area contributed by atoms with E-state index in [2.05, 4.69) is 44.5 Å². The Hall–Kier alpha value is -1.53. The highest BCUT2D eigenvalue weighted by atomic mass is 79.9. The van der Waals surface area contributed by atoms with Gasteiger partial charge in [-0.15, -0.1) is 0 Å². The van der Waals surface area contributed by atoms with E-state index in [1.807, 2.05) is 0 Å². The summed E-state index contributed by atoms with van der Waals surface area (Å²) in [7, 11) is 0. The maximum atomic E-state index is 13.4. The van der Waals surface area contributed by atoms with Crippen molar-refractivity contribution >= 4 is 40.2 Å². The molecule has 116 valence electrons. The molecule has 0 aromatic carbocycles. The molecular formula is C15H14BrClFN3O. The number of carbonyl (C=O) groups is 1. The second kappa shape index (κ2) is 6.71. The van der Waals surface area contributed by atoms with Gasteiger partial charge in [0.1, 0.15) is 0 Å². The van der Waals surface area contributed by atoms with Crippen molar-refractivity contribution in [2.24, 2.45) is 4.99 Å². The van der Waals surface area contributed by atoms with E-state index in [1.54, 1.807) is 12.3 Å². The average Bonchev–Trinajstić information content (AvgIpc) is 3.26. The Balaban J connectivity index is 2.13. The van der Waals surface area contributed by atoms with Gasteiger partial charge in [-0.3, -0.25) is 14.8 Å². The van der Waals surface area contributed by atoms with Crippen molar-refractivity contribution < 1.29 is 9.18 Å². The first kappa shape index (κ1) is 16.8. The fraction of sp³-hybridized carbons (Fsp3) is 0.267. The molecule has 1 aromatic rings. The van der Waals surface area contributed by atoms with Crippen LogP contribution in [0.4, 0.5) is 4.39 Å². The minimum atomic E-state index is -0.808. The van der Waals surface area contributed by atoms with Crippen molar-refractivity contribution in [2.45, 2.75) is 18.3 Å². The lowest BCUT2D eigenvalue weighted by atomic mass is 10.0. The molecule has 0 bridgehead atoms. The lowest BCUT2D eigenvalue weighted by molar-refractivity contribution is -0.117. The third kappa shape index (κ3) is 3.44. The quantitative estimate of drug-likeness (QED) is 0.460. The molecule has 1 heterocycles. The zero-order chi connectivity index (χ0) is 16.3. The van der Waals surface area contributed by atoms with E-state index in [1.165, 1.54) is 0 Å². The van der Waals surface area contributed by atoms with E-state index in [0.717, 1.165) is 29.1 Å². The Morgan fingerprint density at radius 2 is 2.32 bits per heavy atom. The average molecular weight is 387 g/mol. The summed E-state index contributed by atoms with van der Waals surface area (Å²) in [6.07, 6.45) is 4.29. The van der Waals surface area contributed by atoms with Crippen LogP contribution in [0.2, 0.25) is 5.02 Å². The third-order valence-electron chi connectivity index (χ3n) is 3.53. The van der Waals surface area contributed by atoms with Gasteiger partial charge in [0.05, 0.1) is 10.7 Å². The molecule has 7 heteroatoms. The molecule has 1 saturated carbocycles. The number of carbonyl (C=O) groups excluding carboxylic acids is 1. The highest BCUT2D eigenvalue weighted by Crippen LogP contribution is 2.49. The molecule has 0 spiro atoms. The monoisotopic (exact) mass is 385 g/mol. The van der Waals surface area contributed by atoms with Gasteiger partial charge in [0.2, 0.25) is 0 Å². The van der Waals surface area contributed by atoms with E-state index >= 15 is 0 Å². The van der Waals surface area contributed by atoms with Gasteiger partial charge in [0, 0.05) is 22.6 Å². The van der Waals surface area contributed by atoms with Crippen molar-refractivity contribution in [1.29, 1.82) is 0 Å². The smallest absolute Gasteiger partial charge is 0.272 e. The second-order valence-electron chi connectivity index (χ2n) is 5.01. The molecule has 2 rings (SSSR count). The zero-order valence-electron chi connectivity index (χ0n) is 11.7. The highest BCUT2D eigenvalue weighted by Gasteiger charge is 2.47. The molecule has 0 unspecified atom stereocenters. The molecule has 4 nitrogen and oxygen atoms in total. The molecule has 1 N–H and O–H groups in total. The molecule has 0 aliphatic heterocycles. The fourth-order valence-corrected chi connectivity index (χ4v) is 2.97. The SMILES string of the molecule is C=C/C(F)=C(\N=C)C(=O)NCC1(c2ncc(Br)cc2Cl)CC1. The van der Waals surface area contributed by atoms with E-state index in [-0.39, 0.29) is 11.1 Å². The normalized spacial score (nSPS) is 16.5. The van der Waals surface area contributed by atoms with Crippen LogP contribution < -0.4 is 5.32 Å². The lowest BCUT2D eigenvalue weighted by Gasteiger charge is -2.17. The topological polar surface area (TPSA) is 54.4 Å². The summed E-state index contributed by atoms with van der Waals surface area (Å²) in [5, 5.41) is 3.20. The lowest BCUT2D eigenvalue weighted by Crippen LogP contribution is -2.33. The van der Waals surface area contributed by atoms with Gasteiger partial charge in [-0.2, -0.15) is 0 Å². The minimum Gasteiger partial charge on any atom is -0.350 e. The van der Waals surface area contributed by atoms with Crippen LogP contribution in [0.1, 0.15) is 18.5 Å². The van der Waals surface area contributed by atoms with E-state index < -0.39 is 11.7 Å². The van der Waals surface area contributed by atoms with Crippen LogP contribution >= 0.6 is 27.5 Å². The summed E-state index contributed by atoms with van der Waals surface area (Å²) in [6.45, 7) is 6.78. The van der Waals surface area contributed by atoms with Crippen molar-refractivity contribution in [1.82, 2.24) is 10.3 Å². The number of pyridine rings is 1. The van der Waals surface area contributed by atoms with Gasteiger partial charge in [-0.05, 0) is 47.6 Å². The number of allylic oxidation sites excluding steroid dienone is 2. The van der Waals surface area contributed by atoms with Crippen LogP contribution in [0.3, 0.4) is 0 Å².